The Balaban J connectivity index is 1.16. The van der Waals surface area contributed by atoms with E-state index >= 15 is 0 Å². The van der Waals surface area contributed by atoms with Gasteiger partial charge in [0.05, 0.1) is 30.1 Å². The van der Waals surface area contributed by atoms with Gasteiger partial charge in [-0.1, -0.05) is 96.1 Å². The lowest BCUT2D eigenvalue weighted by Gasteiger charge is -2.42. The summed E-state index contributed by atoms with van der Waals surface area (Å²) in [6.45, 7) is 14.6. The van der Waals surface area contributed by atoms with Gasteiger partial charge in [0.2, 0.25) is 41.4 Å². The minimum atomic E-state index is -0.998. The molecule has 2 aliphatic heterocycles. The van der Waals surface area contributed by atoms with E-state index in [4.69, 9.17) is 0 Å². The first-order valence-corrected chi connectivity index (χ1v) is 25.8. The van der Waals surface area contributed by atoms with Gasteiger partial charge in [0, 0.05) is 25.2 Å². The second-order valence-corrected chi connectivity index (χ2v) is 22.5. The number of hydrogen-bond acceptors (Lipinski definition) is 9. The van der Waals surface area contributed by atoms with Crippen LogP contribution in [0.2, 0.25) is 0 Å². The van der Waals surface area contributed by atoms with E-state index < -0.39 is 70.7 Å². The van der Waals surface area contributed by atoms with Crippen molar-refractivity contribution in [3.05, 3.63) is 100 Å². The van der Waals surface area contributed by atoms with Crippen LogP contribution in [0.5, 0.6) is 0 Å². The number of nitrogens with one attached hydrogen (secondary N) is 7. The number of likely N-dealkylation sites (N-methyl/N-ethyl adjacent to an activating group) is 2. The van der Waals surface area contributed by atoms with Crippen molar-refractivity contribution in [1.82, 2.24) is 41.7 Å². The predicted octanol–water partition coefficient (Wildman–Crippen LogP) is 4.76. The maximum Gasteiger partial charge on any atom is 0.246 e. The molecule has 0 saturated carbocycles. The summed E-state index contributed by atoms with van der Waals surface area (Å²) in [5.41, 5.74) is 5.01. The number of anilines is 1. The molecule has 1 saturated heterocycles. The number of carbonyl (C=O) groups is 7. The van der Waals surface area contributed by atoms with E-state index in [1.165, 1.54) is 16.0 Å². The van der Waals surface area contributed by atoms with Crippen LogP contribution in [-0.4, -0.2) is 108 Å². The summed E-state index contributed by atoms with van der Waals surface area (Å²) >= 11 is 0. The van der Waals surface area contributed by atoms with Gasteiger partial charge in [-0.2, -0.15) is 0 Å². The lowest BCUT2D eigenvalue weighted by molar-refractivity contribution is -0.147. The van der Waals surface area contributed by atoms with Crippen LogP contribution in [0.25, 0.3) is 0 Å². The Labute approximate surface area is 425 Å². The monoisotopic (exact) mass is 988 g/mol. The fourth-order valence-corrected chi connectivity index (χ4v) is 10.7. The Kier molecular flexibility index (Phi) is 16.6. The number of carbonyl (C=O) groups excluding carboxylic acids is 7. The van der Waals surface area contributed by atoms with E-state index in [0.717, 1.165) is 60.8 Å². The maximum absolute atomic E-state index is 15.0. The smallest absolute Gasteiger partial charge is 0.246 e. The topological polar surface area (TPSA) is 210 Å². The Bertz CT molecular complexity index is 2530. The van der Waals surface area contributed by atoms with Gasteiger partial charge >= 0.3 is 0 Å². The Morgan fingerprint density at radius 1 is 0.583 bits per heavy atom. The van der Waals surface area contributed by atoms with Gasteiger partial charge in [0.15, 0.2) is 0 Å². The molecule has 2 aliphatic carbocycles. The molecule has 7 amide bonds. The van der Waals surface area contributed by atoms with Crippen LogP contribution in [-0.2, 0) is 59.4 Å². The maximum atomic E-state index is 15.0. The highest BCUT2D eigenvalue weighted by Crippen LogP contribution is 2.36. The van der Waals surface area contributed by atoms with E-state index in [2.05, 4.69) is 49.4 Å². The van der Waals surface area contributed by atoms with Crippen molar-refractivity contribution in [2.24, 2.45) is 16.7 Å². The molecule has 4 aliphatic rings. The molecule has 16 nitrogen and oxygen atoms in total. The summed E-state index contributed by atoms with van der Waals surface area (Å²) in [5, 5.41) is 21.3. The summed E-state index contributed by atoms with van der Waals surface area (Å²) in [6.07, 6.45) is 5.40. The zero-order valence-electron chi connectivity index (χ0n) is 43.9. The second kappa shape index (κ2) is 22.3. The number of rotatable bonds is 14. The van der Waals surface area contributed by atoms with E-state index in [0.29, 0.717) is 5.69 Å². The molecule has 0 bridgehead atoms. The molecule has 16 heteroatoms. The summed E-state index contributed by atoms with van der Waals surface area (Å²) in [5.74, 6) is -3.39. The normalized spacial score (nSPS) is 22.4. The third-order valence-electron chi connectivity index (χ3n) is 15.3. The number of hydrogen-bond donors (Lipinski definition) is 7. The molecule has 1 unspecified atom stereocenters. The van der Waals surface area contributed by atoms with Crippen LogP contribution in [0, 0.1) is 16.7 Å². The molecule has 0 spiro atoms. The first-order chi connectivity index (χ1) is 34.1. The number of amides is 7. The van der Waals surface area contributed by atoms with Crippen LogP contribution in [0.3, 0.4) is 0 Å². The van der Waals surface area contributed by atoms with E-state index in [1.807, 2.05) is 90.1 Å². The standard InChI is InChI=1S/C56H77N9O7/c1-32(57-9)48(66)62-46(55(3,4)5)53(71)64-30-37-27-39(26-25-36(37)28-44(64)51(69)60-42-23-15-19-34-17-11-13-21-40(34)42)59-50(68)38-29-45(52(70)61-43-24-16-20-35-18-12-14-22-41(35)43)65(31-38)54(72)47(56(6,7)8)63-49(67)33(2)58-10/h11-14,17-18,21-22,25-27,32-33,38,42-47,57-58H,15-16,19-20,23-24,28-31H2,1-10H3,(H,59,68)(H,60,69)(H,61,70)(H,62,66)(H,63,67)/t32-,33-,38-,42+,43+,44-,45-,46+,47?/m0/s1. The minimum absolute atomic E-state index is 0.0333. The van der Waals surface area contributed by atoms with Gasteiger partial charge in [0.1, 0.15) is 24.2 Å². The molecule has 1 fully saturated rings. The zero-order valence-corrected chi connectivity index (χ0v) is 43.9. The highest BCUT2D eigenvalue weighted by Gasteiger charge is 2.48. The van der Waals surface area contributed by atoms with E-state index in [-0.39, 0.29) is 61.6 Å². The highest BCUT2D eigenvalue weighted by atomic mass is 16.2. The first kappa shape index (κ1) is 53.7. The molecule has 72 heavy (non-hydrogen) atoms. The third kappa shape index (κ3) is 12.0. The fourth-order valence-electron chi connectivity index (χ4n) is 10.7. The first-order valence-electron chi connectivity index (χ1n) is 25.8. The van der Waals surface area contributed by atoms with Gasteiger partial charge < -0.3 is 47.0 Å². The van der Waals surface area contributed by atoms with Gasteiger partial charge in [-0.05, 0) is 129 Å². The van der Waals surface area contributed by atoms with Crippen molar-refractivity contribution < 1.29 is 33.6 Å². The molecular weight excluding hydrogens is 911 g/mol. The Morgan fingerprint density at radius 2 is 1.07 bits per heavy atom. The van der Waals surface area contributed by atoms with Crippen LogP contribution >= 0.6 is 0 Å². The van der Waals surface area contributed by atoms with Gasteiger partial charge in [-0.3, -0.25) is 33.6 Å². The largest absolute Gasteiger partial charge is 0.347 e. The molecule has 388 valence electrons. The van der Waals surface area contributed by atoms with Crippen molar-refractivity contribution in [3.8, 4) is 0 Å². The molecule has 0 aromatic heterocycles. The SMILES string of the molecule is CN[C@@H](C)C(=O)NC(C(=O)N1C[C@@H](C(=O)Nc2ccc3c(c2)CN(C(=O)[C@@H](NC(=O)[C@H](C)NC)C(C)(C)C)[C@H](C(=O)N[C@@H]2CCCc4ccccc42)C3)C[C@H]1C(=O)N[C@@H]1CCCc2ccccc21)C(C)(C)C. The third-order valence-corrected chi connectivity index (χ3v) is 15.3. The predicted molar refractivity (Wildman–Crippen MR) is 277 cm³/mol. The summed E-state index contributed by atoms with van der Waals surface area (Å²) in [4.78, 5) is 103. The lowest BCUT2D eigenvalue weighted by atomic mass is 9.83. The van der Waals surface area contributed by atoms with Crippen LogP contribution in [0.15, 0.2) is 66.7 Å². The Morgan fingerprint density at radius 3 is 1.57 bits per heavy atom. The van der Waals surface area contributed by atoms with Crippen LogP contribution < -0.4 is 37.2 Å². The number of nitrogens with zero attached hydrogens (tertiary/aromatic N) is 2. The van der Waals surface area contributed by atoms with Crippen molar-refractivity contribution in [2.75, 3.05) is 26.0 Å². The molecule has 7 N–H and O–H groups in total. The highest BCUT2D eigenvalue weighted by molar-refractivity contribution is 5.98. The van der Waals surface area contributed by atoms with E-state index in [1.54, 1.807) is 38.9 Å². The average Bonchev–Trinajstić information content (AvgIpc) is 3.81. The minimum Gasteiger partial charge on any atom is -0.347 e. The quantitative estimate of drug-likeness (QED) is 0.119. The number of aryl methyl sites for hydroxylation is 2. The molecule has 7 rings (SSSR count). The molecule has 2 heterocycles. The van der Waals surface area contributed by atoms with E-state index in [9.17, 15) is 33.6 Å². The fraction of sp³-hybridized carbons (Fsp3) is 0.554. The van der Waals surface area contributed by atoms with Gasteiger partial charge in [-0.15, -0.1) is 0 Å². The lowest BCUT2D eigenvalue weighted by Crippen LogP contribution is -2.62. The van der Waals surface area contributed by atoms with Gasteiger partial charge in [0.25, 0.3) is 0 Å². The number of fused-ring (bicyclic) bond motifs is 3. The number of benzene rings is 3. The summed E-state index contributed by atoms with van der Waals surface area (Å²) in [7, 11) is 3.33. The van der Waals surface area contributed by atoms with Crippen molar-refractivity contribution >= 4 is 47.0 Å². The summed E-state index contributed by atoms with van der Waals surface area (Å²) < 4.78 is 0. The van der Waals surface area contributed by atoms with Crippen LogP contribution in [0.1, 0.15) is 133 Å². The summed E-state index contributed by atoms with van der Waals surface area (Å²) in [6, 6.07) is 16.1. The van der Waals surface area contributed by atoms with Crippen molar-refractivity contribution in [2.45, 2.75) is 162 Å². The molecular formula is C56H77N9O7. The van der Waals surface area contributed by atoms with Gasteiger partial charge in [-0.25, -0.2) is 0 Å². The Hall–Kier alpha value is -6.13. The molecule has 3 aromatic carbocycles. The molecule has 0 radical (unpaired) electrons. The van der Waals surface area contributed by atoms with Crippen molar-refractivity contribution in [3.63, 3.8) is 0 Å². The zero-order chi connectivity index (χ0) is 52.2. The number of likely N-dealkylation sites (tertiary alicyclic amines) is 1. The molecule has 3 aromatic rings. The van der Waals surface area contributed by atoms with Crippen molar-refractivity contribution in [1.29, 1.82) is 0 Å². The van der Waals surface area contributed by atoms with Crippen LogP contribution in [0.4, 0.5) is 5.69 Å². The second-order valence-electron chi connectivity index (χ2n) is 22.5. The average molecular weight is 988 g/mol. The molecule has 9 atom stereocenters.